The van der Waals surface area contributed by atoms with Gasteiger partial charge < -0.3 is 19.7 Å². The number of halogens is 3. The Kier molecular flexibility index (Phi) is 8.48. The summed E-state index contributed by atoms with van der Waals surface area (Å²) in [5, 5.41) is 3.06. The Balaban J connectivity index is 1.38. The molecule has 0 spiro atoms. The van der Waals surface area contributed by atoms with Crippen molar-refractivity contribution in [1.82, 2.24) is 24.3 Å². The van der Waals surface area contributed by atoms with Gasteiger partial charge in [0.2, 0.25) is 0 Å². The van der Waals surface area contributed by atoms with Gasteiger partial charge in [0.1, 0.15) is 17.5 Å². The molecule has 0 saturated carbocycles. The fourth-order valence-corrected chi connectivity index (χ4v) is 5.30. The Bertz CT molecular complexity index is 1530. The lowest BCUT2D eigenvalue weighted by atomic mass is 10.1. The van der Waals surface area contributed by atoms with Gasteiger partial charge in [0, 0.05) is 73.7 Å². The third-order valence-electron chi connectivity index (χ3n) is 7.53. The fraction of sp³-hybridized carbons (Fsp3) is 0.333. The number of fused-ring (bicyclic) bond motifs is 1. The van der Waals surface area contributed by atoms with Crippen molar-refractivity contribution in [2.75, 3.05) is 51.6 Å². The minimum Gasteiger partial charge on any atom is -0.327 e. The molecule has 0 aliphatic carbocycles. The molecule has 1 fully saturated rings. The molecule has 0 atom stereocenters. The van der Waals surface area contributed by atoms with Crippen LogP contribution in [0.4, 0.5) is 19.3 Å². The summed E-state index contributed by atoms with van der Waals surface area (Å²) in [6, 6.07) is 14.9. The van der Waals surface area contributed by atoms with Crippen molar-refractivity contribution in [3.63, 3.8) is 0 Å². The molecule has 10 heteroatoms. The molecule has 0 bridgehead atoms. The Morgan fingerprint density at radius 1 is 1.02 bits per heavy atom. The average Bonchev–Trinajstić information content (AvgIpc) is 3.25. The summed E-state index contributed by atoms with van der Waals surface area (Å²) in [6.07, 6.45) is 0. The predicted octanol–water partition coefficient (Wildman–Crippen LogP) is 5.87. The van der Waals surface area contributed by atoms with Crippen LogP contribution in [0.15, 0.2) is 59.1 Å². The van der Waals surface area contributed by atoms with E-state index >= 15 is 0 Å². The molecular formula is C30H33BrF2N6O. The molecular weight excluding hydrogens is 578 g/mol. The number of carbonyl (C=O) groups is 1. The molecule has 1 saturated heterocycles. The zero-order valence-corrected chi connectivity index (χ0v) is 24.5. The largest absolute Gasteiger partial charge is 0.327 e. The van der Waals surface area contributed by atoms with Gasteiger partial charge in [-0.2, -0.15) is 0 Å². The fourth-order valence-electron chi connectivity index (χ4n) is 4.96. The highest BCUT2D eigenvalue weighted by molar-refractivity contribution is 9.10. The number of piperazine rings is 1. The SMILES string of the molecule is Cc1ccc(-c2nc3cc(F)ccc3n2C)cc1NC(=O)N(CCN1CCN(C)CC1)Cc1ccc(Br)cc1F. The Morgan fingerprint density at radius 3 is 2.55 bits per heavy atom. The number of benzene rings is 3. The second kappa shape index (κ2) is 12.0. The molecule has 4 aromatic rings. The van der Waals surface area contributed by atoms with Crippen LogP contribution in [-0.2, 0) is 13.6 Å². The summed E-state index contributed by atoms with van der Waals surface area (Å²) in [4.78, 5) is 24.6. The molecule has 210 valence electrons. The van der Waals surface area contributed by atoms with E-state index in [4.69, 9.17) is 0 Å². The van der Waals surface area contributed by atoms with E-state index in [0.29, 0.717) is 40.2 Å². The number of anilines is 1. The van der Waals surface area contributed by atoms with E-state index in [1.54, 1.807) is 23.1 Å². The molecule has 2 amide bonds. The number of rotatable bonds is 7. The van der Waals surface area contributed by atoms with Crippen LogP contribution < -0.4 is 5.32 Å². The standard InChI is InChI=1S/C30H33BrF2N6O/c1-20-4-5-21(29-34-27-18-24(32)8-9-28(27)37(29)3)16-26(20)35-30(40)39(15-14-38-12-10-36(2)11-13-38)19-22-6-7-23(31)17-25(22)33/h4-9,16-18H,10-15,19H2,1-3H3,(H,35,40). The first-order valence-electron chi connectivity index (χ1n) is 13.3. The lowest BCUT2D eigenvalue weighted by molar-refractivity contribution is 0.138. The van der Waals surface area contributed by atoms with Crippen molar-refractivity contribution in [2.24, 2.45) is 7.05 Å². The number of nitrogens with one attached hydrogen (secondary N) is 1. The van der Waals surface area contributed by atoms with Crippen molar-refractivity contribution in [1.29, 1.82) is 0 Å². The van der Waals surface area contributed by atoms with Crippen molar-refractivity contribution in [3.05, 3.63) is 81.8 Å². The second-order valence-corrected chi connectivity index (χ2v) is 11.3. The monoisotopic (exact) mass is 610 g/mol. The van der Waals surface area contributed by atoms with Gasteiger partial charge in [0.05, 0.1) is 17.6 Å². The summed E-state index contributed by atoms with van der Waals surface area (Å²) in [5.74, 6) is -0.0314. The highest BCUT2D eigenvalue weighted by Gasteiger charge is 2.21. The molecule has 2 heterocycles. The van der Waals surface area contributed by atoms with Crippen LogP contribution in [0.5, 0.6) is 0 Å². The molecule has 5 rings (SSSR count). The number of hydrogen-bond donors (Lipinski definition) is 1. The Hall–Kier alpha value is -3.34. The predicted molar refractivity (Wildman–Crippen MR) is 158 cm³/mol. The molecule has 1 aromatic heterocycles. The van der Waals surface area contributed by atoms with Crippen LogP contribution in [-0.4, -0.2) is 76.6 Å². The summed E-state index contributed by atoms with van der Waals surface area (Å²) in [7, 11) is 3.99. The molecule has 3 aromatic carbocycles. The smallest absolute Gasteiger partial charge is 0.322 e. The van der Waals surface area contributed by atoms with Crippen LogP contribution in [0.1, 0.15) is 11.1 Å². The summed E-state index contributed by atoms with van der Waals surface area (Å²) in [5.41, 5.74) is 4.15. The van der Waals surface area contributed by atoms with Crippen LogP contribution in [0.3, 0.4) is 0 Å². The van der Waals surface area contributed by atoms with Crippen molar-refractivity contribution in [3.8, 4) is 11.4 Å². The number of amides is 2. The second-order valence-electron chi connectivity index (χ2n) is 10.4. The van der Waals surface area contributed by atoms with E-state index in [0.717, 1.165) is 42.8 Å². The molecule has 7 nitrogen and oxygen atoms in total. The zero-order valence-electron chi connectivity index (χ0n) is 22.9. The first-order chi connectivity index (χ1) is 19.2. The quantitative estimate of drug-likeness (QED) is 0.284. The van der Waals surface area contributed by atoms with Gasteiger partial charge in [-0.05, 0) is 49.9 Å². The number of urea groups is 1. The molecule has 40 heavy (non-hydrogen) atoms. The van der Waals surface area contributed by atoms with Crippen molar-refractivity contribution >= 4 is 38.7 Å². The van der Waals surface area contributed by atoms with Crippen molar-refractivity contribution in [2.45, 2.75) is 13.5 Å². The highest BCUT2D eigenvalue weighted by atomic mass is 79.9. The average molecular weight is 612 g/mol. The zero-order chi connectivity index (χ0) is 28.4. The van der Waals surface area contributed by atoms with Gasteiger partial charge in [-0.25, -0.2) is 18.6 Å². The molecule has 1 N–H and O–H groups in total. The first kappa shape index (κ1) is 28.2. The number of likely N-dealkylation sites (N-methyl/N-ethyl adjacent to an activating group) is 1. The Labute approximate surface area is 241 Å². The van der Waals surface area contributed by atoms with E-state index in [1.807, 2.05) is 36.7 Å². The molecule has 0 radical (unpaired) electrons. The van der Waals surface area contributed by atoms with Gasteiger partial charge in [-0.1, -0.05) is 34.1 Å². The minimum atomic E-state index is -0.358. The summed E-state index contributed by atoms with van der Waals surface area (Å²) in [6.45, 7) is 7.06. The number of nitrogens with zero attached hydrogens (tertiary/aromatic N) is 5. The molecule has 1 aliphatic heterocycles. The summed E-state index contributed by atoms with van der Waals surface area (Å²) >= 11 is 3.31. The third kappa shape index (κ3) is 6.35. The van der Waals surface area contributed by atoms with Gasteiger partial charge in [0.15, 0.2) is 0 Å². The highest BCUT2D eigenvalue weighted by Crippen LogP contribution is 2.28. The lowest BCUT2D eigenvalue weighted by Crippen LogP contribution is -2.48. The van der Waals surface area contributed by atoms with E-state index in [-0.39, 0.29) is 24.2 Å². The van der Waals surface area contributed by atoms with Crippen LogP contribution in [0.2, 0.25) is 0 Å². The van der Waals surface area contributed by atoms with Crippen LogP contribution in [0.25, 0.3) is 22.4 Å². The summed E-state index contributed by atoms with van der Waals surface area (Å²) < 4.78 is 31.1. The van der Waals surface area contributed by atoms with Gasteiger partial charge in [-0.15, -0.1) is 0 Å². The van der Waals surface area contributed by atoms with E-state index < -0.39 is 0 Å². The number of imidazole rings is 1. The first-order valence-corrected chi connectivity index (χ1v) is 14.1. The van der Waals surface area contributed by atoms with E-state index in [1.165, 1.54) is 18.2 Å². The van der Waals surface area contributed by atoms with E-state index in [9.17, 15) is 13.6 Å². The minimum absolute atomic E-state index is 0.147. The van der Waals surface area contributed by atoms with Gasteiger partial charge >= 0.3 is 6.03 Å². The third-order valence-corrected chi connectivity index (χ3v) is 8.02. The maximum absolute atomic E-state index is 14.8. The lowest BCUT2D eigenvalue weighted by Gasteiger charge is -2.34. The maximum atomic E-state index is 14.8. The normalized spacial score (nSPS) is 14.6. The number of aromatic nitrogens is 2. The Morgan fingerprint density at radius 2 is 1.80 bits per heavy atom. The maximum Gasteiger partial charge on any atom is 0.322 e. The van der Waals surface area contributed by atoms with Crippen LogP contribution in [0, 0.1) is 18.6 Å². The number of carbonyl (C=O) groups excluding carboxylic acids is 1. The molecule has 0 unspecified atom stereocenters. The van der Waals surface area contributed by atoms with Gasteiger partial charge in [0.25, 0.3) is 0 Å². The van der Waals surface area contributed by atoms with E-state index in [2.05, 4.69) is 43.1 Å². The van der Waals surface area contributed by atoms with Crippen LogP contribution >= 0.6 is 15.9 Å². The topological polar surface area (TPSA) is 56.6 Å². The number of hydrogen-bond acceptors (Lipinski definition) is 4. The number of aryl methyl sites for hydroxylation is 2. The molecule has 1 aliphatic rings. The van der Waals surface area contributed by atoms with Crippen molar-refractivity contribution < 1.29 is 13.6 Å². The van der Waals surface area contributed by atoms with Gasteiger partial charge in [-0.3, -0.25) is 4.90 Å².